The van der Waals surface area contributed by atoms with Gasteiger partial charge in [0.1, 0.15) is 13.2 Å². The molecule has 8 nitrogen and oxygen atoms in total. The minimum Gasteiger partial charge on any atom is -0.464 e. The van der Waals surface area contributed by atoms with Gasteiger partial charge in [-0.15, -0.1) is 0 Å². The van der Waals surface area contributed by atoms with Crippen molar-refractivity contribution >= 4 is 23.8 Å². The fourth-order valence-electron chi connectivity index (χ4n) is 5.58. The normalized spacial score (nSPS) is 10.9. The van der Waals surface area contributed by atoms with E-state index in [1.165, 1.54) is 108 Å². The van der Waals surface area contributed by atoms with Crippen molar-refractivity contribution in [3.63, 3.8) is 0 Å². The molecule has 0 aromatic rings. The minimum absolute atomic E-state index is 0.0607. The summed E-state index contributed by atoms with van der Waals surface area (Å²) in [6, 6.07) is 0. The summed E-state index contributed by atoms with van der Waals surface area (Å²) >= 11 is 0. The summed E-state index contributed by atoms with van der Waals surface area (Å²) in [5.41, 5.74) is 0. The number of rotatable bonds is 34. The van der Waals surface area contributed by atoms with Gasteiger partial charge in [0.15, 0.2) is 0 Å². The van der Waals surface area contributed by atoms with Crippen molar-refractivity contribution in [1.29, 1.82) is 0 Å². The summed E-state index contributed by atoms with van der Waals surface area (Å²) in [5, 5.41) is 2.70. The predicted molar refractivity (Wildman–Crippen MR) is 189 cm³/mol. The van der Waals surface area contributed by atoms with Gasteiger partial charge >= 0.3 is 11.9 Å². The average molecular weight is 653 g/mol. The molecule has 1 N–H and O–H groups in total. The molecule has 270 valence electrons. The highest BCUT2D eigenvalue weighted by Crippen LogP contribution is 2.13. The first-order valence-corrected chi connectivity index (χ1v) is 19.3. The van der Waals surface area contributed by atoms with Crippen LogP contribution in [0, 0.1) is 0 Å². The Hall–Kier alpha value is -2.12. The molecule has 0 heterocycles. The van der Waals surface area contributed by atoms with Crippen LogP contribution in [0.4, 0.5) is 0 Å². The zero-order chi connectivity index (χ0) is 33.9. The fourth-order valence-corrected chi connectivity index (χ4v) is 5.58. The van der Waals surface area contributed by atoms with Crippen LogP contribution in [0.3, 0.4) is 0 Å². The quantitative estimate of drug-likeness (QED) is 0.0549. The molecule has 0 aromatic carbocycles. The highest BCUT2D eigenvalue weighted by molar-refractivity contribution is 5.83. The Bertz CT molecular complexity index is 701. The molecule has 0 aliphatic heterocycles. The maximum absolute atomic E-state index is 12.8. The molecule has 0 radical (unpaired) electrons. The van der Waals surface area contributed by atoms with E-state index in [0.29, 0.717) is 19.4 Å². The van der Waals surface area contributed by atoms with E-state index >= 15 is 0 Å². The van der Waals surface area contributed by atoms with Crippen LogP contribution in [0.25, 0.3) is 0 Å². The molecule has 0 atom stereocenters. The molecule has 0 spiro atoms. The number of esters is 2. The molecule has 0 rings (SSSR count). The number of ether oxygens (including phenoxy) is 2. The van der Waals surface area contributed by atoms with Gasteiger partial charge in [-0.3, -0.25) is 19.2 Å². The van der Waals surface area contributed by atoms with Gasteiger partial charge in [0.05, 0.1) is 13.1 Å². The van der Waals surface area contributed by atoms with E-state index in [0.717, 1.165) is 38.5 Å². The molecule has 0 aliphatic carbocycles. The van der Waals surface area contributed by atoms with Crippen molar-refractivity contribution < 1.29 is 28.7 Å². The lowest BCUT2D eigenvalue weighted by Crippen LogP contribution is -2.38. The van der Waals surface area contributed by atoms with Gasteiger partial charge in [0.2, 0.25) is 11.8 Å². The zero-order valence-corrected chi connectivity index (χ0v) is 30.3. The largest absolute Gasteiger partial charge is 0.464 e. The number of carbonyl (C=O) groups is 4. The molecule has 0 fully saturated rings. The smallest absolute Gasteiger partial charge is 0.305 e. The van der Waals surface area contributed by atoms with Gasteiger partial charge in [-0.25, -0.2) is 0 Å². The molecule has 2 amide bonds. The number of carbonyl (C=O) groups excluding carboxylic acids is 4. The maximum atomic E-state index is 12.8. The van der Waals surface area contributed by atoms with Gasteiger partial charge in [-0.1, -0.05) is 142 Å². The van der Waals surface area contributed by atoms with Gasteiger partial charge in [-0.2, -0.15) is 0 Å². The first-order chi connectivity index (χ1) is 22.4. The van der Waals surface area contributed by atoms with E-state index in [4.69, 9.17) is 9.47 Å². The molecular formula is C38H72N2O6. The van der Waals surface area contributed by atoms with Crippen molar-refractivity contribution in [3.8, 4) is 0 Å². The Balaban J connectivity index is 4.19. The number of hydrogen-bond acceptors (Lipinski definition) is 6. The number of hydrogen-bond donors (Lipinski definition) is 1. The van der Waals surface area contributed by atoms with Crippen molar-refractivity contribution in [2.75, 3.05) is 32.8 Å². The average Bonchev–Trinajstić information content (AvgIpc) is 3.04. The second kappa shape index (κ2) is 34.2. The van der Waals surface area contributed by atoms with E-state index in [-0.39, 0.29) is 62.9 Å². The second-order valence-corrected chi connectivity index (χ2v) is 12.8. The Morgan fingerprint density at radius 2 is 0.804 bits per heavy atom. The molecule has 0 aromatic heterocycles. The van der Waals surface area contributed by atoms with Crippen LogP contribution in [0.15, 0.2) is 0 Å². The van der Waals surface area contributed by atoms with Gasteiger partial charge in [0.25, 0.3) is 0 Å². The van der Waals surface area contributed by atoms with Crippen LogP contribution in [-0.2, 0) is 28.7 Å². The van der Waals surface area contributed by atoms with E-state index in [1.54, 1.807) is 0 Å². The monoisotopic (exact) mass is 653 g/mol. The standard InChI is InChI=1S/C38H72N2O6/c1-4-7-9-11-13-15-17-19-21-23-25-27-37(43)45-33-31-40(36(42)30-29-35(41)39-6-3)32-34-46-38(44)28-26-24-22-20-18-16-14-12-10-8-5-2/h4-34H2,1-3H3,(H,39,41). The van der Waals surface area contributed by atoms with Crippen LogP contribution < -0.4 is 5.32 Å². The third-order valence-electron chi connectivity index (χ3n) is 8.51. The second-order valence-electron chi connectivity index (χ2n) is 12.8. The third-order valence-corrected chi connectivity index (χ3v) is 8.51. The predicted octanol–water partition coefficient (Wildman–Crippen LogP) is 9.22. The number of nitrogens with one attached hydrogen (secondary N) is 1. The van der Waals surface area contributed by atoms with Crippen LogP contribution >= 0.6 is 0 Å². The third kappa shape index (κ3) is 30.5. The molecule has 0 saturated carbocycles. The molecule has 46 heavy (non-hydrogen) atoms. The Kier molecular flexibility index (Phi) is 32.6. The summed E-state index contributed by atoms with van der Waals surface area (Å²) in [6.07, 6.45) is 27.9. The Morgan fingerprint density at radius 1 is 0.457 bits per heavy atom. The maximum Gasteiger partial charge on any atom is 0.305 e. The molecule has 0 bridgehead atoms. The summed E-state index contributed by atoms with van der Waals surface area (Å²) in [5.74, 6) is -0.880. The number of nitrogens with zero attached hydrogens (tertiary/aromatic N) is 1. The highest BCUT2D eigenvalue weighted by atomic mass is 16.5. The zero-order valence-electron chi connectivity index (χ0n) is 30.3. The topological polar surface area (TPSA) is 102 Å². The summed E-state index contributed by atoms with van der Waals surface area (Å²) < 4.78 is 10.8. The summed E-state index contributed by atoms with van der Waals surface area (Å²) in [7, 11) is 0. The molecule has 0 unspecified atom stereocenters. The van der Waals surface area contributed by atoms with Gasteiger partial charge in [-0.05, 0) is 19.8 Å². The molecule has 0 aliphatic rings. The van der Waals surface area contributed by atoms with Crippen molar-refractivity contribution in [1.82, 2.24) is 10.2 Å². The number of unbranched alkanes of at least 4 members (excludes halogenated alkanes) is 20. The van der Waals surface area contributed by atoms with Gasteiger partial charge in [0, 0.05) is 32.2 Å². The SMILES string of the molecule is CCCCCCCCCCCCCC(=O)OCCN(CCOC(=O)CCCCCCCCCCCCC)C(=O)CCC(=O)NCC. The van der Waals surface area contributed by atoms with Crippen molar-refractivity contribution in [3.05, 3.63) is 0 Å². The molecule has 8 heteroatoms. The van der Waals surface area contributed by atoms with Crippen molar-refractivity contribution in [2.24, 2.45) is 0 Å². The minimum atomic E-state index is -0.246. The lowest BCUT2D eigenvalue weighted by Gasteiger charge is -2.22. The van der Waals surface area contributed by atoms with E-state index in [1.807, 2.05) is 6.92 Å². The van der Waals surface area contributed by atoms with Gasteiger partial charge < -0.3 is 19.7 Å². The van der Waals surface area contributed by atoms with Crippen LogP contribution in [0.1, 0.15) is 188 Å². The first kappa shape index (κ1) is 43.9. The molecule has 0 saturated heterocycles. The van der Waals surface area contributed by atoms with E-state index in [2.05, 4.69) is 19.2 Å². The Labute approximate surface area is 282 Å². The van der Waals surface area contributed by atoms with Crippen LogP contribution in [-0.4, -0.2) is 61.5 Å². The first-order valence-electron chi connectivity index (χ1n) is 19.3. The highest BCUT2D eigenvalue weighted by Gasteiger charge is 2.17. The van der Waals surface area contributed by atoms with Crippen LogP contribution in [0.2, 0.25) is 0 Å². The fraction of sp³-hybridized carbons (Fsp3) is 0.895. The summed E-state index contributed by atoms with van der Waals surface area (Å²) in [4.78, 5) is 50.7. The Morgan fingerprint density at radius 3 is 1.15 bits per heavy atom. The summed E-state index contributed by atoms with van der Waals surface area (Å²) in [6.45, 7) is 7.45. The lowest BCUT2D eigenvalue weighted by molar-refractivity contribution is -0.147. The van der Waals surface area contributed by atoms with Crippen molar-refractivity contribution in [2.45, 2.75) is 188 Å². The number of amides is 2. The lowest BCUT2D eigenvalue weighted by atomic mass is 10.1. The van der Waals surface area contributed by atoms with Crippen LogP contribution in [0.5, 0.6) is 0 Å². The van der Waals surface area contributed by atoms with E-state index in [9.17, 15) is 19.2 Å². The molecular weight excluding hydrogens is 580 g/mol. The van der Waals surface area contributed by atoms with E-state index < -0.39 is 0 Å².